The lowest BCUT2D eigenvalue weighted by atomic mass is 10.3. The monoisotopic (exact) mass is 423 g/mol. The van der Waals surface area contributed by atoms with Crippen LogP contribution in [0.5, 0.6) is 0 Å². The van der Waals surface area contributed by atoms with Crippen molar-refractivity contribution in [1.29, 1.82) is 0 Å². The first-order chi connectivity index (χ1) is 13.5. The average Bonchev–Trinajstić information content (AvgIpc) is 2.75. The number of sulfonamides is 1. The van der Waals surface area contributed by atoms with Gasteiger partial charge >= 0.3 is 0 Å². The summed E-state index contributed by atoms with van der Waals surface area (Å²) < 4.78 is 32.5. The fourth-order valence-corrected chi connectivity index (χ4v) is 4.96. The van der Waals surface area contributed by atoms with E-state index in [-0.39, 0.29) is 4.90 Å². The summed E-state index contributed by atoms with van der Waals surface area (Å²) >= 11 is 5.86. The molecule has 2 fully saturated rings. The molecule has 0 N–H and O–H groups in total. The zero-order valence-corrected chi connectivity index (χ0v) is 16.9. The summed E-state index contributed by atoms with van der Waals surface area (Å²) in [6, 6.07) is 8.29. The molecule has 2 aliphatic heterocycles. The van der Waals surface area contributed by atoms with Crippen molar-refractivity contribution in [1.82, 2.24) is 14.5 Å². The second-order valence-electron chi connectivity index (χ2n) is 6.72. The number of morpholine rings is 1. The van der Waals surface area contributed by atoms with E-state index in [2.05, 4.69) is 20.0 Å². The van der Waals surface area contributed by atoms with Crippen molar-refractivity contribution in [2.75, 3.05) is 62.3 Å². The molecule has 2 saturated heterocycles. The van der Waals surface area contributed by atoms with Crippen LogP contribution in [0.2, 0.25) is 5.02 Å². The van der Waals surface area contributed by atoms with E-state index in [1.165, 1.54) is 4.31 Å². The molecule has 150 valence electrons. The highest BCUT2D eigenvalue weighted by molar-refractivity contribution is 7.89. The van der Waals surface area contributed by atoms with Gasteiger partial charge in [-0.2, -0.15) is 9.40 Å². The second-order valence-corrected chi connectivity index (χ2v) is 9.09. The van der Waals surface area contributed by atoms with E-state index in [1.807, 2.05) is 6.07 Å². The molecule has 0 bridgehead atoms. The Labute approximate surface area is 169 Å². The number of piperazine rings is 1. The van der Waals surface area contributed by atoms with Crippen molar-refractivity contribution < 1.29 is 13.2 Å². The summed E-state index contributed by atoms with van der Waals surface area (Å²) in [6.45, 7) is 5.00. The molecular formula is C18H22ClN5O3S. The van der Waals surface area contributed by atoms with E-state index in [1.54, 1.807) is 30.5 Å². The largest absolute Gasteiger partial charge is 0.378 e. The van der Waals surface area contributed by atoms with Crippen LogP contribution >= 0.6 is 11.6 Å². The van der Waals surface area contributed by atoms with E-state index in [9.17, 15) is 8.42 Å². The summed E-state index contributed by atoms with van der Waals surface area (Å²) in [5.74, 6) is 0.771. The predicted octanol–water partition coefficient (Wildman–Crippen LogP) is 1.48. The van der Waals surface area contributed by atoms with Crippen LogP contribution in [-0.4, -0.2) is 75.4 Å². The summed E-state index contributed by atoms with van der Waals surface area (Å²) in [5, 5.41) is 8.90. The Balaban J connectivity index is 1.43. The Bertz CT molecular complexity index is 911. The van der Waals surface area contributed by atoms with Gasteiger partial charge in [0, 0.05) is 50.4 Å². The van der Waals surface area contributed by atoms with E-state index < -0.39 is 10.0 Å². The molecule has 0 aliphatic carbocycles. The molecule has 0 unspecified atom stereocenters. The zero-order chi connectivity index (χ0) is 19.6. The number of benzene rings is 1. The standard InChI is InChI=1S/C18H22ClN5O3S/c19-15-1-3-17(4-2-15)28(25,26)24-7-5-23(6-8-24)18-13-16(14-20-21-18)22-9-11-27-12-10-22/h1-4,13-14H,5-12H2. The number of hydrogen-bond donors (Lipinski definition) is 0. The van der Waals surface area contributed by atoms with Crippen LogP contribution in [0.15, 0.2) is 41.4 Å². The topological polar surface area (TPSA) is 78.9 Å². The minimum atomic E-state index is -3.52. The Morgan fingerprint density at radius 2 is 1.61 bits per heavy atom. The molecule has 0 saturated carbocycles. The van der Waals surface area contributed by atoms with Crippen LogP contribution in [0.25, 0.3) is 0 Å². The fourth-order valence-electron chi connectivity index (χ4n) is 3.41. The first-order valence-corrected chi connectivity index (χ1v) is 11.0. The quantitative estimate of drug-likeness (QED) is 0.736. The number of ether oxygens (including phenoxy) is 1. The van der Waals surface area contributed by atoms with Crippen molar-refractivity contribution in [3.63, 3.8) is 0 Å². The van der Waals surface area contributed by atoms with Gasteiger partial charge in [-0.15, -0.1) is 5.10 Å². The van der Waals surface area contributed by atoms with Gasteiger partial charge in [-0.3, -0.25) is 0 Å². The van der Waals surface area contributed by atoms with E-state index in [0.717, 1.165) is 24.6 Å². The van der Waals surface area contributed by atoms with Crippen LogP contribution in [0.4, 0.5) is 11.5 Å². The Hall–Kier alpha value is -1.94. The molecule has 1 aromatic carbocycles. The molecule has 8 nitrogen and oxygen atoms in total. The van der Waals surface area contributed by atoms with E-state index in [0.29, 0.717) is 44.4 Å². The number of nitrogens with zero attached hydrogens (tertiary/aromatic N) is 5. The summed E-state index contributed by atoms with van der Waals surface area (Å²) in [7, 11) is -3.52. The van der Waals surface area contributed by atoms with Gasteiger partial charge in [0.15, 0.2) is 5.82 Å². The molecule has 0 amide bonds. The maximum atomic E-state index is 12.8. The highest BCUT2D eigenvalue weighted by Crippen LogP contribution is 2.23. The SMILES string of the molecule is O=S(=O)(c1ccc(Cl)cc1)N1CCN(c2cc(N3CCOCC3)cnn2)CC1. The molecule has 0 atom stereocenters. The Morgan fingerprint density at radius 3 is 2.29 bits per heavy atom. The molecule has 28 heavy (non-hydrogen) atoms. The first-order valence-electron chi connectivity index (χ1n) is 9.20. The van der Waals surface area contributed by atoms with Gasteiger partial charge in [-0.1, -0.05) is 11.6 Å². The van der Waals surface area contributed by atoms with Crippen molar-refractivity contribution in [3.8, 4) is 0 Å². The Kier molecular flexibility index (Phi) is 5.68. The highest BCUT2D eigenvalue weighted by atomic mass is 35.5. The van der Waals surface area contributed by atoms with Crippen molar-refractivity contribution in [2.24, 2.45) is 0 Å². The van der Waals surface area contributed by atoms with Crippen molar-refractivity contribution in [2.45, 2.75) is 4.90 Å². The van der Waals surface area contributed by atoms with Gasteiger partial charge in [0.1, 0.15) is 0 Å². The molecule has 0 spiro atoms. The first kappa shape index (κ1) is 19.4. The molecule has 2 aliphatic rings. The third kappa shape index (κ3) is 4.07. The van der Waals surface area contributed by atoms with Crippen LogP contribution < -0.4 is 9.80 Å². The molecule has 4 rings (SSSR count). The number of hydrogen-bond acceptors (Lipinski definition) is 7. The fraction of sp³-hybridized carbons (Fsp3) is 0.444. The summed E-state index contributed by atoms with van der Waals surface area (Å²) in [6.07, 6.45) is 1.76. The van der Waals surface area contributed by atoms with Crippen LogP contribution in [0.1, 0.15) is 0 Å². The van der Waals surface area contributed by atoms with Gasteiger partial charge in [0.25, 0.3) is 0 Å². The number of aromatic nitrogens is 2. The molecule has 1 aromatic heterocycles. The van der Waals surface area contributed by atoms with Crippen LogP contribution in [-0.2, 0) is 14.8 Å². The lowest BCUT2D eigenvalue weighted by Gasteiger charge is -2.35. The maximum Gasteiger partial charge on any atom is 0.243 e. The van der Waals surface area contributed by atoms with Gasteiger partial charge in [-0.25, -0.2) is 8.42 Å². The van der Waals surface area contributed by atoms with Gasteiger partial charge in [0.2, 0.25) is 10.0 Å². The van der Waals surface area contributed by atoms with E-state index in [4.69, 9.17) is 16.3 Å². The summed E-state index contributed by atoms with van der Waals surface area (Å²) in [5.41, 5.74) is 1.02. The lowest BCUT2D eigenvalue weighted by molar-refractivity contribution is 0.122. The highest BCUT2D eigenvalue weighted by Gasteiger charge is 2.29. The minimum absolute atomic E-state index is 0.263. The molecular weight excluding hydrogens is 402 g/mol. The molecule has 3 heterocycles. The smallest absolute Gasteiger partial charge is 0.243 e. The van der Waals surface area contributed by atoms with Crippen molar-refractivity contribution >= 4 is 33.1 Å². The van der Waals surface area contributed by atoms with Crippen LogP contribution in [0, 0.1) is 0 Å². The zero-order valence-electron chi connectivity index (χ0n) is 15.4. The van der Waals surface area contributed by atoms with Gasteiger partial charge in [-0.05, 0) is 24.3 Å². The average molecular weight is 424 g/mol. The van der Waals surface area contributed by atoms with E-state index >= 15 is 0 Å². The summed E-state index contributed by atoms with van der Waals surface area (Å²) in [4.78, 5) is 4.56. The lowest BCUT2D eigenvalue weighted by Crippen LogP contribution is -2.49. The van der Waals surface area contributed by atoms with Gasteiger partial charge in [0.05, 0.1) is 30.0 Å². The molecule has 2 aromatic rings. The third-order valence-electron chi connectivity index (χ3n) is 5.02. The maximum absolute atomic E-state index is 12.8. The number of anilines is 2. The predicted molar refractivity (Wildman–Crippen MR) is 107 cm³/mol. The van der Waals surface area contributed by atoms with Crippen LogP contribution in [0.3, 0.4) is 0 Å². The molecule has 10 heteroatoms. The van der Waals surface area contributed by atoms with Crippen molar-refractivity contribution in [3.05, 3.63) is 41.6 Å². The number of rotatable bonds is 4. The van der Waals surface area contributed by atoms with Gasteiger partial charge < -0.3 is 14.5 Å². The normalized spacial score (nSPS) is 19.0. The Morgan fingerprint density at radius 1 is 0.929 bits per heavy atom. The number of halogens is 1. The third-order valence-corrected chi connectivity index (χ3v) is 7.18. The molecule has 0 radical (unpaired) electrons. The minimum Gasteiger partial charge on any atom is -0.378 e. The second kappa shape index (κ2) is 8.20.